The number of amides is 2. The molecule has 1 aromatic carbocycles. The number of carboxylic acid groups (broad SMARTS) is 1. The SMILES string of the molecule is CC(=O)N(c1cccs1)C1C(=O)N2CC(C[n+]3ccccc3N=Nc3ccccc3)(C(=O)O)CS[C@H]12. The van der Waals surface area contributed by atoms with E-state index in [2.05, 4.69) is 10.2 Å². The number of aliphatic carboxylic acids is 1. The highest BCUT2D eigenvalue weighted by atomic mass is 32.2. The number of fused-ring (bicyclic) bond motifs is 1. The number of aromatic nitrogens is 1. The summed E-state index contributed by atoms with van der Waals surface area (Å²) in [4.78, 5) is 41.3. The molecule has 2 aliphatic heterocycles. The van der Waals surface area contributed by atoms with Gasteiger partial charge in [0.2, 0.25) is 11.8 Å². The Morgan fingerprint density at radius 3 is 2.61 bits per heavy atom. The number of pyridine rings is 1. The third kappa shape index (κ3) is 4.40. The molecule has 2 fully saturated rings. The van der Waals surface area contributed by atoms with Crippen molar-refractivity contribution in [3.63, 3.8) is 0 Å². The lowest BCUT2D eigenvalue weighted by atomic mass is 9.86. The molecule has 2 amide bonds. The van der Waals surface area contributed by atoms with E-state index >= 15 is 0 Å². The molecule has 184 valence electrons. The maximum atomic E-state index is 13.2. The summed E-state index contributed by atoms with van der Waals surface area (Å²) in [5.74, 6) is -0.612. The molecule has 4 heterocycles. The zero-order valence-corrected chi connectivity index (χ0v) is 21.1. The van der Waals surface area contributed by atoms with E-state index in [0.29, 0.717) is 22.3 Å². The van der Waals surface area contributed by atoms with Gasteiger partial charge in [0.05, 0.1) is 16.3 Å². The van der Waals surface area contributed by atoms with E-state index in [9.17, 15) is 19.5 Å². The molecule has 2 aliphatic rings. The number of thiophene rings is 1. The molecule has 1 N–H and O–H groups in total. The first-order chi connectivity index (χ1) is 17.4. The quantitative estimate of drug-likeness (QED) is 0.288. The summed E-state index contributed by atoms with van der Waals surface area (Å²) >= 11 is 2.80. The fourth-order valence-electron chi connectivity index (χ4n) is 4.52. The maximum Gasteiger partial charge on any atom is 0.350 e. The monoisotopic (exact) mass is 522 g/mol. The molecule has 36 heavy (non-hydrogen) atoms. The number of benzene rings is 1. The lowest BCUT2D eigenvalue weighted by Gasteiger charge is -2.55. The molecular formula is C25H24N5O4S2+. The Bertz CT molecular complexity index is 1320. The lowest BCUT2D eigenvalue weighted by Crippen LogP contribution is -2.75. The average molecular weight is 523 g/mol. The zero-order valence-electron chi connectivity index (χ0n) is 19.4. The van der Waals surface area contributed by atoms with Crippen molar-refractivity contribution in [2.45, 2.75) is 24.9 Å². The molecule has 0 aliphatic carbocycles. The predicted molar refractivity (Wildman–Crippen MR) is 137 cm³/mol. The second-order valence-corrected chi connectivity index (χ2v) is 10.8. The normalized spacial score (nSPS) is 23.2. The molecule has 3 aromatic rings. The van der Waals surface area contributed by atoms with Gasteiger partial charge >= 0.3 is 11.8 Å². The first-order valence-corrected chi connectivity index (χ1v) is 13.3. The summed E-state index contributed by atoms with van der Waals surface area (Å²) in [5, 5.41) is 21.2. The van der Waals surface area contributed by atoms with Gasteiger partial charge in [-0.15, -0.1) is 23.1 Å². The summed E-state index contributed by atoms with van der Waals surface area (Å²) in [5.41, 5.74) is -0.524. The molecule has 0 radical (unpaired) electrons. The summed E-state index contributed by atoms with van der Waals surface area (Å²) < 4.78 is 1.76. The highest BCUT2D eigenvalue weighted by Gasteiger charge is 2.60. The smallest absolute Gasteiger partial charge is 0.350 e. The van der Waals surface area contributed by atoms with Crippen molar-refractivity contribution in [2.75, 3.05) is 17.2 Å². The Morgan fingerprint density at radius 2 is 1.92 bits per heavy atom. The fourth-order valence-corrected chi connectivity index (χ4v) is 6.90. The van der Waals surface area contributed by atoms with E-state index in [-0.39, 0.29) is 30.3 Å². The first kappa shape index (κ1) is 24.1. The van der Waals surface area contributed by atoms with Crippen molar-refractivity contribution in [2.24, 2.45) is 15.6 Å². The molecule has 0 spiro atoms. The zero-order chi connectivity index (χ0) is 25.3. The van der Waals surface area contributed by atoms with Crippen LogP contribution in [0.3, 0.4) is 0 Å². The summed E-state index contributed by atoms with van der Waals surface area (Å²) in [6.07, 6.45) is 1.77. The number of hydrogen-bond acceptors (Lipinski definition) is 7. The van der Waals surface area contributed by atoms with Gasteiger partial charge in [-0.1, -0.05) is 24.3 Å². The van der Waals surface area contributed by atoms with Crippen LogP contribution < -0.4 is 9.47 Å². The van der Waals surface area contributed by atoms with Gasteiger partial charge in [-0.25, -0.2) is 4.57 Å². The van der Waals surface area contributed by atoms with Crippen molar-refractivity contribution in [1.82, 2.24) is 4.90 Å². The van der Waals surface area contributed by atoms with Crippen LogP contribution in [0.4, 0.5) is 16.5 Å². The van der Waals surface area contributed by atoms with Crippen LogP contribution in [0.2, 0.25) is 0 Å². The van der Waals surface area contributed by atoms with E-state index < -0.39 is 17.4 Å². The van der Waals surface area contributed by atoms with Crippen LogP contribution in [0, 0.1) is 5.41 Å². The van der Waals surface area contributed by atoms with Crippen LogP contribution in [0.5, 0.6) is 0 Å². The van der Waals surface area contributed by atoms with Gasteiger partial charge < -0.3 is 10.0 Å². The molecule has 11 heteroatoms. The van der Waals surface area contributed by atoms with Gasteiger partial charge in [0.25, 0.3) is 0 Å². The molecular weight excluding hydrogens is 498 g/mol. The Balaban J connectivity index is 1.37. The third-order valence-electron chi connectivity index (χ3n) is 6.35. The van der Waals surface area contributed by atoms with Crippen LogP contribution >= 0.6 is 23.1 Å². The minimum absolute atomic E-state index is 0.0582. The number of rotatable bonds is 7. The number of azo groups is 1. The predicted octanol–water partition coefficient (Wildman–Crippen LogP) is 3.86. The van der Waals surface area contributed by atoms with E-state index in [1.807, 2.05) is 60.0 Å². The third-order valence-corrected chi connectivity index (χ3v) is 8.79. The number of anilines is 1. The highest BCUT2D eigenvalue weighted by molar-refractivity contribution is 8.00. The Morgan fingerprint density at radius 1 is 1.14 bits per heavy atom. The van der Waals surface area contributed by atoms with Gasteiger partial charge in [0, 0.05) is 25.3 Å². The number of carbonyl (C=O) groups excluding carboxylic acids is 2. The second-order valence-electron chi connectivity index (χ2n) is 8.76. The molecule has 5 rings (SSSR count). The van der Waals surface area contributed by atoms with Crippen LogP contribution in [0.25, 0.3) is 0 Å². The minimum atomic E-state index is -1.21. The van der Waals surface area contributed by atoms with Gasteiger partial charge in [-0.2, -0.15) is 0 Å². The number of hydrogen-bond donors (Lipinski definition) is 1. The van der Waals surface area contributed by atoms with Gasteiger partial charge in [-0.05, 0) is 40.8 Å². The van der Waals surface area contributed by atoms with Crippen LogP contribution in [-0.2, 0) is 20.9 Å². The number of carbonyl (C=O) groups is 3. The molecule has 0 bridgehead atoms. The van der Waals surface area contributed by atoms with Crippen LogP contribution in [0.15, 0.2) is 82.5 Å². The number of thioether (sulfide) groups is 1. The number of nitrogens with zero attached hydrogens (tertiary/aromatic N) is 5. The molecule has 2 saturated heterocycles. The number of β-lactam (4-membered cyclic amide) rings is 1. The fraction of sp³-hybridized carbons (Fsp3) is 0.280. The van der Waals surface area contributed by atoms with Crippen molar-refractivity contribution in [1.29, 1.82) is 0 Å². The van der Waals surface area contributed by atoms with Gasteiger partial charge in [0.1, 0.15) is 29.1 Å². The molecule has 9 nitrogen and oxygen atoms in total. The van der Waals surface area contributed by atoms with Gasteiger partial charge in [-0.3, -0.25) is 19.3 Å². The molecule has 2 unspecified atom stereocenters. The Labute approximate surface area is 216 Å². The average Bonchev–Trinajstić information content (AvgIpc) is 3.41. The van der Waals surface area contributed by atoms with Crippen molar-refractivity contribution in [3.05, 3.63) is 72.2 Å². The van der Waals surface area contributed by atoms with Crippen molar-refractivity contribution in [3.8, 4) is 0 Å². The van der Waals surface area contributed by atoms with Crippen LogP contribution in [0.1, 0.15) is 6.92 Å². The van der Waals surface area contributed by atoms with E-state index in [0.717, 1.165) is 0 Å². The van der Waals surface area contributed by atoms with E-state index in [1.165, 1.54) is 34.9 Å². The number of carboxylic acids is 1. The lowest BCUT2D eigenvalue weighted by molar-refractivity contribution is -0.694. The van der Waals surface area contributed by atoms with Gasteiger partial charge in [0.15, 0.2) is 0 Å². The second kappa shape index (κ2) is 9.82. The topological polar surface area (TPSA) is 107 Å². The first-order valence-electron chi connectivity index (χ1n) is 11.3. The summed E-state index contributed by atoms with van der Waals surface area (Å²) in [6.45, 7) is 1.63. The van der Waals surface area contributed by atoms with E-state index in [4.69, 9.17) is 0 Å². The standard InChI is InChI=1S/C25H23N5O4S2/c1-17(31)30(20-11-7-13-35-20)21-22(32)29-15-25(24(33)34,16-36-23(21)29)14-28-12-6-5-10-19(28)27-26-18-8-3-2-4-9-18/h2-13,21,23H,14-16H2,1H3/p+1/t21?,23-,25?/m1/s1. The summed E-state index contributed by atoms with van der Waals surface area (Å²) in [6, 6.07) is 17.7. The summed E-state index contributed by atoms with van der Waals surface area (Å²) in [7, 11) is 0. The maximum absolute atomic E-state index is 13.2. The molecule has 2 aromatic heterocycles. The Hall–Kier alpha value is -3.57. The van der Waals surface area contributed by atoms with Crippen molar-refractivity contribution >= 4 is 57.4 Å². The van der Waals surface area contributed by atoms with Crippen molar-refractivity contribution < 1.29 is 24.1 Å². The molecule has 3 atom stereocenters. The van der Waals surface area contributed by atoms with Crippen LogP contribution in [-0.4, -0.2) is 51.5 Å². The Kier molecular flexibility index (Phi) is 6.59. The minimum Gasteiger partial charge on any atom is -0.481 e. The largest absolute Gasteiger partial charge is 0.481 e. The van der Waals surface area contributed by atoms with E-state index in [1.54, 1.807) is 21.7 Å². The highest BCUT2D eigenvalue weighted by Crippen LogP contribution is 2.45. The molecule has 0 saturated carbocycles.